The minimum absolute atomic E-state index is 0.0345. The molecule has 0 aliphatic carbocycles. The molecule has 0 aliphatic heterocycles. The third-order valence-corrected chi connectivity index (χ3v) is 4.78. The number of methoxy groups -OCH3 is 1. The molecule has 0 unspecified atom stereocenters. The SMILES string of the molecule is COc1ncnc(OC[C@](C)(NC(=O)OC(C)(C)C)C(=O)NNC(=O)c2ccccc2F)c1Br. The third-order valence-electron chi connectivity index (χ3n) is 4.10. The molecule has 3 N–H and O–H groups in total. The Hall–Kier alpha value is -3.48. The Morgan fingerprint density at radius 1 is 1.06 bits per heavy atom. The number of alkyl carbamates (subject to hydrolysis) is 1. The number of ether oxygens (including phenoxy) is 3. The minimum atomic E-state index is -1.76. The van der Waals surface area contributed by atoms with Gasteiger partial charge in [0.05, 0.1) is 12.7 Å². The van der Waals surface area contributed by atoms with Gasteiger partial charge in [-0.3, -0.25) is 20.4 Å². The molecule has 1 atom stereocenters. The van der Waals surface area contributed by atoms with Crippen LogP contribution in [0.5, 0.6) is 11.8 Å². The van der Waals surface area contributed by atoms with Crippen LogP contribution in [0.15, 0.2) is 35.1 Å². The summed E-state index contributed by atoms with van der Waals surface area (Å²) in [6, 6.07) is 5.24. The van der Waals surface area contributed by atoms with Crippen molar-refractivity contribution in [2.24, 2.45) is 0 Å². The Morgan fingerprint density at radius 2 is 1.71 bits per heavy atom. The summed E-state index contributed by atoms with van der Waals surface area (Å²) < 4.78 is 30.1. The van der Waals surface area contributed by atoms with E-state index in [2.05, 4.69) is 42.1 Å². The number of carbonyl (C=O) groups excluding carboxylic acids is 3. The number of hydrogen-bond donors (Lipinski definition) is 3. The average molecular weight is 542 g/mol. The Bertz CT molecular complexity index is 1060. The summed E-state index contributed by atoms with van der Waals surface area (Å²) in [4.78, 5) is 45.5. The molecular weight excluding hydrogens is 517 g/mol. The Labute approximate surface area is 203 Å². The van der Waals surface area contributed by atoms with E-state index in [4.69, 9.17) is 14.2 Å². The standard InChI is InChI=1S/C21H25BrFN5O6/c1-20(2,3)34-19(31)26-21(4,10-33-17-14(22)16(32-5)24-11-25-17)18(30)28-27-15(29)12-8-6-7-9-13(12)23/h6-9,11H,10H2,1-5H3,(H,26,31)(H,27,29)(H,28,30)/t21-/m0/s1. The molecular formula is C21H25BrFN5O6. The zero-order valence-corrected chi connectivity index (χ0v) is 20.8. The summed E-state index contributed by atoms with van der Waals surface area (Å²) >= 11 is 3.24. The summed E-state index contributed by atoms with van der Waals surface area (Å²) in [6.45, 7) is 5.86. The molecule has 0 radical (unpaired) electrons. The minimum Gasteiger partial charge on any atom is -0.480 e. The van der Waals surface area contributed by atoms with Crippen molar-refractivity contribution in [1.82, 2.24) is 26.1 Å². The van der Waals surface area contributed by atoms with Gasteiger partial charge in [0.15, 0.2) is 5.54 Å². The Kier molecular flexibility index (Phi) is 8.74. The van der Waals surface area contributed by atoms with Gasteiger partial charge < -0.3 is 19.5 Å². The zero-order valence-electron chi connectivity index (χ0n) is 19.2. The normalized spacial score (nSPS) is 12.7. The monoisotopic (exact) mass is 541 g/mol. The van der Waals surface area contributed by atoms with Crippen LogP contribution >= 0.6 is 15.9 Å². The highest BCUT2D eigenvalue weighted by Crippen LogP contribution is 2.30. The number of hydrogen-bond acceptors (Lipinski definition) is 8. The number of benzene rings is 1. The predicted molar refractivity (Wildman–Crippen MR) is 122 cm³/mol. The molecule has 2 aromatic rings. The van der Waals surface area contributed by atoms with Crippen LogP contribution in [0.3, 0.4) is 0 Å². The highest BCUT2D eigenvalue weighted by molar-refractivity contribution is 9.10. The zero-order chi connectivity index (χ0) is 25.5. The third kappa shape index (κ3) is 7.27. The van der Waals surface area contributed by atoms with Gasteiger partial charge in [-0.05, 0) is 55.8 Å². The number of rotatable bonds is 7. The first-order valence-corrected chi connectivity index (χ1v) is 10.7. The van der Waals surface area contributed by atoms with E-state index in [0.29, 0.717) is 0 Å². The van der Waals surface area contributed by atoms with Crippen LogP contribution in [0.2, 0.25) is 0 Å². The quantitative estimate of drug-likeness (QED) is 0.454. The van der Waals surface area contributed by atoms with Crippen LogP contribution in [0.25, 0.3) is 0 Å². The second-order valence-corrected chi connectivity index (χ2v) is 8.93. The van der Waals surface area contributed by atoms with Gasteiger partial charge in [-0.2, -0.15) is 0 Å². The van der Waals surface area contributed by atoms with E-state index in [9.17, 15) is 18.8 Å². The smallest absolute Gasteiger partial charge is 0.408 e. The molecule has 1 aromatic heterocycles. The van der Waals surface area contributed by atoms with E-state index in [1.54, 1.807) is 20.8 Å². The molecule has 13 heteroatoms. The largest absolute Gasteiger partial charge is 0.480 e. The molecule has 0 fully saturated rings. The summed E-state index contributed by atoms with van der Waals surface area (Å²) in [5.74, 6) is -2.31. The van der Waals surface area contributed by atoms with Crippen molar-refractivity contribution in [1.29, 1.82) is 0 Å². The molecule has 0 saturated carbocycles. The fourth-order valence-electron chi connectivity index (χ4n) is 2.45. The van der Waals surface area contributed by atoms with Gasteiger partial charge in [-0.15, -0.1) is 0 Å². The maximum Gasteiger partial charge on any atom is 0.408 e. The van der Waals surface area contributed by atoms with Crippen LogP contribution < -0.4 is 25.6 Å². The summed E-state index contributed by atoms with van der Waals surface area (Å²) in [6.07, 6.45) is 0.278. The van der Waals surface area contributed by atoms with Crippen molar-refractivity contribution in [3.8, 4) is 11.8 Å². The van der Waals surface area contributed by atoms with E-state index < -0.39 is 41.5 Å². The fraction of sp³-hybridized carbons (Fsp3) is 0.381. The van der Waals surface area contributed by atoms with Crippen LogP contribution in [0.1, 0.15) is 38.1 Å². The molecule has 184 valence electrons. The maximum absolute atomic E-state index is 13.8. The Balaban J connectivity index is 2.20. The van der Waals surface area contributed by atoms with Gasteiger partial charge in [-0.1, -0.05) is 12.1 Å². The molecule has 1 aromatic carbocycles. The van der Waals surface area contributed by atoms with Crippen LogP contribution in [-0.2, 0) is 9.53 Å². The van der Waals surface area contributed by atoms with E-state index >= 15 is 0 Å². The van der Waals surface area contributed by atoms with Crippen molar-refractivity contribution < 1.29 is 33.0 Å². The van der Waals surface area contributed by atoms with Gasteiger partial charge in [0, 0.05) is 0 Å². The molecule has 0 aliphatic rings. The van der Waals surface area contributed by atoms with E-state index in [0.717, 1.165) is 6.07 Å². The molecule has 1 heterocycles. The van der Waals surface area contributed by atoms with Crippen LogP contribution in [-0.4, -0.2) is 52.7 Å². The second-order valence-electron chi connectivity index (χ2n) is 8.14. The number of amides is 3. The van der Waals surface area contributed by atoms with Gasteiger partial charge in [0.1, 0.15) is 28.8 Å². The topological polar surface area (TPSA) is 141 Å². The molecule has 3 amide bonds. The lowest BCUT2D eigenvalue weighted by Crippen LogP contribution is -2.63. The van der Waals surface area contributed by atoms with Crippen molar-refractivity contribution in [3.05, 3.63) is 46.4 Å². The number of hydrazine groups is 1. The number of nitrogens with zero attached hydrogens (tertiary/aromatic N) is 2. The predicted octanol–water partition coefficient (Wildman–Crippen LogP) is 2.51. The van der Waals surface area contributed by atoms with E-state index in [1.165, 1.54) is 38.6 Å². The van der Waals surface area contributed by atoms with E-state index in [-0.39, 0.29) is 21.8 Å². The van der Waals surface area contributed by atoms with Gasteiger partial charge in [-0.25, -0.2) is 19.2 Å². The second kappa shape index (κ2) is 11.1. The number of nitrogens with one attached hydrogen (secondary N) is 3. The number of carbonyl (C=O) groups is 3. The summed E-state index contributed by atoms with van der Waals surface area (Å²) in [7, 11) is 1.40. The fourth-order valence-corrected chi connectivity index (χ4v) is 2.93. The van der Waals surface area contributed by atoms with Gasteiger partial charge in [0.25, 0.3) is 11.8 Å². The van der Waals surface area contributed by atoms with E-state index in [1.807, 2.05) is 0 Å². The van der Waals surface area contributed by atoms with Crippen molar-refractivity contribution in [2.75, 3.05) is 13.7 Å². The van der Waals surface area contributed by atoms with Gasteiger partial charge in [0.2, 0.25) is 11.8 Å². The molecule has 2 rings (SSSR count). The molecule has 0 spiro atoms. The van der Waals surface area contributed by atoms with Crippen molar-refractivity contribution in [2.45, 2.75) is 38.8 Å². The highest BCUT2D eigenvalue weighted by atomic mass is 79.9. The first kappa shape index (κ1) is 26.8. The highest BCUT2D eigenvalue weighted by Gasteiger charge is 2.38. The summed E-state index contributed by atoms with van der Waals surface area (Å²) in [5, 5.41) is 2.43. The first-order chi connectivity index (χ1) is 15.9. The van der Waals surface area contributed by atoms with Crippen molar-refractivity contribution >= 4 is 33.8 Å². The lowest BCUT2D eigenvalue weighted by molar-refractivity contribution is -0.129. The first-order valence-electron chi connectivity index (χ1n) is 9.90. The molecule has 34 heavy (non-hydrogen) atoms. The maximum atomic E-state index is 13.8. The number of aromatic nitrogens is 2. The summed E-state index contributed by atoms with van der Waals surface area (Å²) in [5.41, 5.74) is 1.40. The lowest BCUT2D eigenvalue weighted by Gasteiger charge is -2.30. The lowest BCUT2D eigenvalue weighted by atomic mass is 10.0. The average Bonchev–Trinajstić information content (AvgIpc) is 2.75. The number of halogens is 2. The molecule has 0 saturated heterocycles. The van der Waals surface area contributed by atoms with Crippen LogP contribution in [0, 0.1) is 5.82 Å². The molecule has 0 bridgehead atoms. The Morgan fingerprint density at radius 3 is 2.32 bits per heavy atom. The molecule has 11 nitrogen and oxygen atoms in total. The van der Waals surface area contributed by atoms with Crippen molar-refractivity contribution in [3.63, 3.8) is 0 Å². The van der Waals surface area contributed by atoms with Crippen LogP contribution in [0.4, 0.5) is 9.18 Å². The van der Waals surface area contributed by atoms with Gasteiger partial charge >= 0.3 is 6.09 Å².